The molecule has 0 radical (unpaired) electrons. The Labute approximate surface area is 174 Å². The van der Waals surface area contributed by atoms with Crippen molar-refractivity contribution in [2.45, 2.75) is 25.9 Å². The molecule has 2 aliphatic heterocycles. The molecule has 0 spiro atoms. The van der Waals surface area contributed by atoms with E-state index in [0.29, 0.717) is 29.7 Å². The molecule has 30 heavy (non-hydrogen) atoms. The van der Waals surface area contributed by atoms with Gasteiger partial charge in [-0.2, -0.15) is 0 Å². The van der Waals surface area contributed by atoms with Crippen LogP contribution in [0.25, 0.3) is 0 Å². The van der Waals surface area contributed by atoms with Crippen LogP contribution < -0.4 is 19.7 Å². The average Bonchev–Trinajstić information content (AvgIpc) is 2.77. The second-order valence-corrected chi connectivity index (χ2v) is 7.86. The summed E-state index contributed by atoms with van der Waals surface area (Å²) in [6.45, 7) is 4.29. The van der Waals surface area contributed by atoms with Crippen LogP contribution in [0.15, 0.2) is 42.5 Å². The summed E-state index contributed by atoms with van der Waals surface area (Å²) in [5.74, 6) is 1.43. The number of piperidine rings is 1. The molecular formula is C22H25N3O5. The van der Waals surface area contributed by atoms with Crippen LogP contribution in [0.3, 0.4) is 0 Å². The van der Waals surface area contributed by atoms with E-state index in [0.717, 1.165) is 25.9 Å². The molecule has 2 heterocycles. The quantitative estimate of drug-likeness (QED) is 0.599. The molecule has 158 valence electrons. The SMILES string of the molecule is C[C@H]1CCCN(c2ccc(C(=O)NC[C@H]3COc4ccccc4O3)cc2[N+](=O)[O-])C1. The van der Waals surface area contributed by atoms with Crippen molar-refractivity contribution in [2.75, 3.05) is 31.1 Å². The Bertz CT molecular complexity index is 948. The van der Waals surface area contributed by atoms with Gasteiger partial charge in [-0.15, -0.1) is 0 Å². The number of carbonyl (C=O) groups is 1. The largest absolute Gasteiger partial charge is 0.486 e. The zero-order valence-electron chi connectivity index (χ0n) is 16.9. The first-order valence-electron chi connectivity index (χ1n) is 10.2. The molecular weight excluding hydrogens is 386 g/mol. The molecule has 0 aliphatic carbocycles. The molecule has 2 aromatic carbocycles. The molecule has 1 fully saturated rings. The third-order valence-electron chi connectivity index (χ3n) is 5.49. The highest BCUT2D eigenvalue weighted by Gasteiger charge is 2.26. The molecule has 8 nitrogen and oxygen atoms in total. The van der Waals surface area contributed by atoms with E-state index < -0.39 is 4.92 Å². The maximum absolute atomic E-state index is 12.6. The van der Waals surface area contributed by atoms with Crippen LogP contribution in [0, 0.1) is 16.0 Å². The second-order valence-electron chi connectivity index (χ2n) is 7.86. The second kappa shape index (κ2) is 8.61. The number of nitro benzene ring substituents is 1. The van der Waals surface area contributed by atoms with Crippen LogP contribution in [-0.4, -0.2) is 43.2 Å². The lowest BCUT2D eigenvalue weighted by atomic mass is 9.99. The topological polar surface area (TPSA) is 93.9 Å². The minimum atomic E-state index is -0.416. The molecule has 0 saturated carbocycles. The number of carbonyl (C=O) groups excluding carboxylic acids is 1. The predicted octanol–water partition coefficient (Wildman–Crippen LogP) is 3.40. The number of nitrogens with zero attached hydrogens (tertiary/aromatic N) is 2. The zero-order chi connectivity index (χ0) is 21.1. The Balaban J connectivity index is 1.43. The van der Waals surface area contributed by atoms with Gasteiger partial charge in [0.1, 0.15) is 18.4 Å². The van der Waals surface area contributed by atoms with Gasteiger partial charge < -0.3 is 19.7 Å². The lowest BCUT2D eigenvalue weighted by Gasteiger charge is -2.32. The van der Waals surface area contributed by atoms with Crippen LogP contribution in [0.4, 0.5) is 11.4 Å². The van der Waals surface area contributed by atoms with Gasteiger partial charge in [0.2, 0.25) is 0 Å². The summed E-state index contributed by atoms with van der Waals surface area (Å²) < 4.78 is 11.5. The minimum Gasteiger partial charge on any atom is -0.486 e. The standard InChI is InChI=1S/C22H25N3O5/c1-15-5-4-10-24(13-15)18-9-8-16(11-19(18)25(27)28)22(26)23-12-17-14-29-20-6-2-3-7-21(20)30-17/h2-3,6-9,11,15,17H,4-5,10,12-14H2,1H3,(H,23,26)/t15-,17-/m0/s1. The number of hydrogen-bond acceptors (Lipinski definition) is 6. The fourth-order valence-corrected chi connectivity index (χ4v) is 3.96. The summed E-state index contributed by atoms with van der Waals surface area (Å²) in [5.41, 5.74) is 0.791. The van der Waals surface area contributed by atoms with Crippen LogP contribution in [0.2, 0.25) is 0 Å². The molecule has 0 aromatic heterocycles. The number of nitro groups is 1. The van der Waals surface area contributed by atoms with E-state index in [1.165, 1.54) is 6.07 Å². The lowest BCUT2D eigenvalue weighted by Crippen LogP contribution is -2.40. The number of anilines is 1. The number of amides is 1. The number of rotatable bonds is 5. The number of hydrogen-bond donors (Lipinski definition) is 1. The van der Waals surface area contributed by atoms with Crippen molar-refractivity contribution in [3.63, 3.8) is 0 Å². The molecule has 1 amide bonds. The zero-order valence-corrected chi connectivity index (χ0v) is 16.9. The molecule has 2 aromatic rings. The first-order valence-corrected chi connectivity index (χ1v) is 10.2. The molecule has 8 heteroatoms. The van der Waals surface area contributed by atoms with E-state index in [1.807, 2.05) is 29.2 Å². The van der Waals surface area contributed by atoms with Gasteiger partial charge >= 0.3 is 0 Å². The van der Waals surface area contributed by atoms with Crippen molar-refractivity contribution >= 4 is 17.3 Å². The third-order valence-corrected chi connectivity index (χ3v) is 5.49. The number of nitrogens with one attached hydrogen (secondary N) is 1. The Morgan fingerprint density at radius 2 is 2.07 bits per heavy atom. The highest BCUT2D eigenvalue weighted by molar-refractivity contribution is 5.95. The van der Waals surface area contributed by atoms with E-state index in [9.17, 15) is 14.9 Å². The van der Waals surface area contributed by atoms with Crippen molar-refractivity contribution in [1.82, 2.24) is 5.32 Å². The van der Waals surface area contributed by atoms with E-state index in [-0.39, 0.29) is 29.8 Å². The van der Waals surface area contributed by atoms with Gasteiger partial charge in [-0.1, -0.05) is 19.1 Å². The fraction of sp³-hybridized carbons (Fsp3) is 0.409. The van der Waals surface area contributed by atoms with Gasteiger partial charge in [0.05, 0.1) is 11.5 Å². The van der Waals surface area contributed by atoms with Crippen LogP contribution in [0.1, 0.15) is 30.1 Å². The Kier molecular flexibility index (Phi) is 5.74. The molecule has 1 saturated heterocycles. The van der Waals surface area contributed by atoms with Crippen molar-refractivity contribution in [2.24, 2.45) is 5.92 Å². The van der Waals surface area contributed by atoms with E-state index in [1.54, 1.807) is 12.1 Å². The van der Waals surface area contributed by atoms with Gasteiger partial charge in [0.15, 0.2) is 11.5 Å². The summed E-state index contributed by atoms with van der Waals surface area (Å²) in [6.07, 6.45) is 1.81. The number of benzene rings is 2. The molecule has 2 atom stereocenters. The monoisotopic (exact) mass is 411 g/mol. The first kappa shape index (κ1) is 20.0. The molecule has 0 unspecified atom stereocenters. The summed E-state index contributed by atoms with van der Waals surface area (Å²) >= 11 is 0. The lowest BCUT2D eigenvalue weighted by molar-refractivity contribution is -0.384. The third kappa shape index (κ3) is 4.32. The molecule has 1 N–H and O–H groups in total. The average molecular weight is 411 g/mol. The number of para-hydroxylation sites is 2. The fourth-order valence-electron chi connectivity index (χ4n) is 3.96. The Morgan fingerprint density at radius 3 is 2.83 bits per heavy atom. The van der Waals surface area contributed by atoms with Gasteiger partial charge in [-0.25, -0.2) is 0 Å². The van der Waals surface area contributed by atoms with Crippen molar-refractivity contribution < 1.29 is 19.2 Å². The summed E-state index contributed by atoms with van der Waals surface area (Å²) in [5, 5.41) is 14.4. The molecule has 0 bridgehead atoms. The predicted molar refractivity (Wildman–Crippen MR) is 112 cm³/mol. The normalized spacial score (nSPS) is 20.5. The number of ether oxygens (including phenoxy) is 2. The van der Waals surface area contributed by atoms with E-state index in [4.69, 9.17) is 9.47 Å². The Morgan fingerprint density at radius 1 is 1.27 bits per heavy atom. The highest BCUT2D eigenvalue weighted by Crippen LogP contribution is 2.33. The van der Waals surface area contributed by atoms with Crippen molar-refractivity contribution in [3.8, 4) is 11.5 Å². The Hall–Kier alpha value is -3.29. The maximum atomic E-state index is 12.6. The van der Waals surface area contributed by atoms with Crippen molar-refractivity contribution in [1.29, 1.82) is 0 Å². The van der Waals surface area contributed by atoms with Crippen LogP contribution >= 0.6 is 0 Å². The summed E-state index contributed by atoms with van der Waals surface area (Å²) in [6, 6.07) is 12.0. The van der Waals surface area contributed by atoms with Crippen LogP contribution in [0.5, 0.6) is 11.5 Å². The highest BCUT2D eigenvalue weighted by atomic mass is 16.6. The number of fused-ring (bicyclic) bond motifs is 1. The molecule has 2 aliphatic rings. The van der Waals surface area contributed by atoms with Crippen molar-refractivity contribution in [3.05, 3.63) is 58.1 Å². The van der Waals surface area contributed by atoms with Gasteiger partial charge in [0.25, 0.3) is 11.6 Å². The van der Waals surface area contributed by atoms with E-state index >= 15 is 0 Å². The minimum absolute atomic E-state index is 0.0390. The van der Waals surface area contributed by atoms with E-state index in [2.05, 4.69) is 12.2 Å². The smallest absolute Gasteiger partial charge is 0.293 e. The summed E-state index contributed by atoms with van der Waals surface area (Å²) in [7, 11) is 0. The summed E-state index contributed by atoms with van der Waals surface area (Å²) in [4.78, 5) is 25.9. The van der Waals surface area contributed by atoms with Gasteiger partial charge in [-0.3, -0.25) is 14.9 Å². The van der Waals surface area contributed by atoms with Gasteiger partial charge in [0, 0.05) is 24.7 Å². The first-order chi connectivity index (χ1) is 14.5. The molecule has 4 rings (SSSR count). The maximum Gasteiger partial charge on any atom is 0.293 e. The van der Waals surface area contributed by atoms with Gasteiger partial charge in [-0.05, 0) is 43.0 Å². The van der Waals surface area contributed by atoms with Crippen LogP contribution in [-0.2, 0) is 0 Å².